The van der Waals surface area contributed by atoms with Crippen LogP contribution in [-0.2, 0) is 9.84 Å². The molecule has 2 fully saturated rings. The predicted octanol–water partition coefficient (Wildman–Crippen LogP) is 2.44. The molecule has 0 radical (unpaired) electrons. The number of piperazine rings is 1. The van der Waals surface area contributed by atoms with E-state index in [1.807, 2.05) is 0 Å². The second-order valence-electron chi connectivity index (χ2n) is 6.68. The molecule has 1 amide bonds. The highest BCUT2D eigenvalue weighted by molar-refractivity contribution is 7.90. The van der Waals surface area contributed by atoms with Crippen LogP contribution in [0.4, 0.5) is 0 Å². The first-order valence-corrected chi connectivity index (χ1v) is 10.7. The molecule has 24 heavy (non-hydrogen) atoms. The van der Waals surface area contributed by atoms with Crippen molar-refractivity contribution in [2.45, 2.75) is 36.6 Å². The highest BCUT2D eigenvalue weighted by Gasteiger charge is 2.28. The molecular formula is C17H23ClN2O3S. The van der Waals surface area contributed by atoms with Gasteiger partial charge >= 0.3 is 0 Å². The fourth-order valence-corrected chi connectivity index (χ4v) is 4.96. The molecular weight excluding hydrogens is 348 g/mol. The van der Waals surface area contributed by atoms with E-state index in [-0.39, 0.29) is 15.8 Å². The number of carbonyl (C=O) groups excluding carboxylic acids is 1. The minimum absolute atomic E-state index is 0.0135. The van der Waals surface area contributed by atoms with E-state index in [1.165, 1.54) is 37.8 Å². The number of rotatable bonds is 3. The van der Waals surface area contributed by atoms with Gasteiger partial charge in [0.05, 0.1) is 9.92 Å². The van der Waals surface area contributed by atoms with Gasteiger partial charge in [-0.15, -0.1) is 0 Å². The molecule has 0 aromatic heterocycles. The summed E-state index contributed by atoms with van der Waals surface area (Å²) in [6, 6.07) is 5.15. The first kappa shape index (κ1) is 17.7. The summed E-state index contributed by atoms with van der Waals surface area (Å²) in [5.74, 6) is -0.123. The number of hydrogen-bond acceptors (Lipinski definition) is 4. The SMILES string of the molecule is CS(=O)(=O)c1cc(C(=O)N2CCN(C3CCCC3)CC2)ccc1Cl. The van der Waals surface area contributed by atoms with Gasteiger partial charge in [-0.05, 0) is 31.0 Å². The molecule has 5 nitrogen and oxygen atoms in total. The van der Waals surface area contributed by atoms with Crippen LogP contribution in [0, 0.1) is 0 Å². The Morgan fingerprint density at radius 2 is 1.75 bits per heavy atom. The molecule has 0 atom stereocenters. The second-order valence-corrected chi connectivity index (χ2v) is 9.08. The molecule has 2 aliphatic rings. The van der Waals surface area contributed by atoms with Crippen LogP contribution in [0.1, 0.15) is 36.0 Å². The van der Waals surface area contributed by atoms with Crippen LogP contribution >= 0.6 is 11.6 Å². The molecule has 1 saturated carbocycles. The number of halogens is 1. The average molecular weight is 371 g/mol. The molecule has 1 heterocycles. The van der Waals surface area contributed by atoms with Gasteiger partial charge in [0.15, 0.2) is 9.84 Å². The number of hydrogen-bond donors (Lipinski definition) is 0. The van der Waals surface area contributed by atoms with Gasteiger partial charge in [-0.3, -0.25) is 9.69 Å². The van der Waals surface area contributed by atoms with Crippen molar-refractivity contribution in [3.8, 4) is 0 Å². The Morgan fingerprint density at radius 3 is 2.33 bits per heavy atom. The van der Waals surface area contributed by atoms with Crippen molar-refractivity contribution < 1.29 is 13.2 Å². The molecule has 3 rings (SSSR count). The molecule has 1 aromatic carbocycles. The monoisotopic (exact) mass is 370 g/mol. The van der Waals surface area contributed by atoms with Crippen molar-refractivity contribution in [1.82, 2.24) is 9.80 Å². The van der Waals surface area contributed by atoms with Crippen LogP contribution in [0.2, 0.25) is 5.02 Å². The Hall–Kier alpha value is -1.11. The minimum atomic E-state index is -3.45. The summed E-state index contributed by atoms with van der Waals surface area (Å²) < 4.78 is 23.6. The van der Waals surface area contributed by atoms with Crippen LogP contribution in [0.3, 0.4) is 0 Å². The van der Waals surface area contributed by atoms with E-state index in [1.54, 1.807) is 11.0 Å². The maximum Gasteiger partial charge on any atom is 0.253 e. The van der Waals surface area contributed by atoms with Crippen molar-refractivity contribution in [2.24, 2.45) is 0 Å². The van der Waals surface area contributed by atoms with Gasteiger partial charge in [0, 0.05) is 44.0 Å². The summed E-state index contributed by atoms with van der Waals surface area (Å²) in [5.41, 5.74) is 0.383. The van der Waals surface area contributed by atoms with Gasteiger partial charge in [-0.2, -0.15) is 0 Å². The lowest BCUT2D eigenvalue weighted by Crippen LogP contribution is -2.51. The quantitative estimate of drug-likeness (QED) is 0.820. The Labute approximate surface area is 148 Å². The lowest BCUT2D eigenvalue weighted by Gasteiger charge is -2.38. The van der Waals surface area contributed by atoms with Crippen LogP contribution in [0.15, 0.2) is 23.1 Å². The van der Waals surface area contributed by atoms with Gasteiger partial charge in [0.1, 0.15) is 0 Å². The maximum absolute atomic E-state index is 12.7. The maximum atomic E-state index is 12.7. The summed E-state index contributed by atoms with van der Waals surface area (Å²) >= 11 is 5.95. The summed E-state index contributed by atoms with van der Waals surface area (Å²) in [5, 5.41) is 0.153. The highest BCUT2D eigenvalue weighted by Crippen LogP contribution is 2.26. The molecule has 132 valence electrons. The zero-order valence-corrected chi connectivity index (χ0v) is 15.4. The molecule has 0 bridgehead atoms. The third kappa shape index (κ3) is 3.76. The topological polar surface area (TPSA) is 57.7 Å². The zero-order valence-electron chi connectivity index (χ0n) is 13.9. The van der Waals surface area contributed by atoms with Crippen molar-refractivity contribution in [2.75, 3.05) is 32.4 Å². The third-order valence-electron chi connectivity index (χ3n) is 5.02. The van der Waals surface area contributed by atoms with Gasteiger partial charge in [0.2, 0.25) is 0 Å². The number of amides is 1. The molecule has 0 N–H and O–H groups in total. The molecule has 1 aromatic rings. The van der Waals surface area contributed by atoms with E-state index >= 15 is 0 Å². The summed E-state index contributed by atoms with van der Waals surface area (Å²) in [6.45, 7) is 3.16. The fraction of sp³-hybridized carbons (Fsp3) is 0.588. The van der Waals surface area contributed by atoms with E-state index in [4.69, 9.17) is 11.6 Å². The predicted molar refractivity (Wildman–Crippen MR) is 94.3 cm³/mol. The van der Waals surface area contributed by atoms with Gasteiger partial charge < -0.3 is 4.90 Å². The summed E-state index contributed by atoms with van der Waals surface area (Å²) in [4.78, 5) is 17.0. The van der Waals surface area contributed by atoms with E-state index in [9.17, 15) is 13.2 Å². The van der Waals surface area contributed by atoms with Crippen LogP contribution in [0.5, 0.6) is 0 Å². The lowest BCUT2D eigenvalue weighted by atomic mass is 10.1. The largest absolute Gasteiger partial charge is 0.336 e. The highest BCUT2D eigenvalue weighted by atomic mass is 35.5. The van der Waals surface area contributed by atoms with Gasteiger partial charge in [-0.25, -0.2) is 8.42 Å². The molecule has 0 spiro atoms. The molecule has 1 aliphatic carbocycles. The van der Waals surface area contributed by atoms with Crippen LogP contribution in [0.25, 0.3) is 0 Å². The Kier molecular flexibility index (Phi) is 5.18. The number of benzene rings is 1. The molecule has 0 unspecified atom stereocenters. The van der Waals surface area contributed by atoms with E-state index in [0.717, 1.165) is 19.3 Å². The lowest BCUT2D eigenvalue weighted by molar-refractivity contribution is 0.0573. The van der Waals surface area contributed by atoms with Gasteiger partial charge in [-0.1, -0.05) is 24.4 Å². The number of nitrogens with zero attached hydrogens (tertiary/aromatic N) is 2. The van der Waals surface area contributed by atoms with Gasteiger partial charge in [0.25, 0.3) is 5.91 Å². The van der Waals surface area contributed by atoms with Crippen LogP contribution < -0.4 is 0 Å². The Bertz CT molecular complexity index is 721. The average Bonchev–Trinajstić information content (AvgIpc) is 3.08. The number of carbonyl (C=O) groups is 1. The Morgan fingerprint density at radius 1 is 1.12 bits per heavy atom. The normalized spacial score (nSPS) is 20.5. The molecule has 1 saturated heterocycles. The first-order chi connectivity index (χ1) is 11.4. The van der Waals surface area contributed by atoms with Crippen molar-refractivity contribution in [3.63, 3.8) is 0 Å². The summed E-state index contributed by atoms with van der Waals surface area (Å²) in [6.07, 6.45) is 6.25. The van der Waals surface area contributed by atoms with Crippen LogP contribution in [-0.4, -0.2) is 62.6 Å². The van der Waals surface area contributed by atoms with Crippen molar-refractivity contribution in [1.29, 1.82) is 0 Å². The zero-order chi connectivity index (χ0) is 17.3. The van der Waals surface area contributed by atoms with Crippen molar-refractivity contribution in [3.05, 3.63) is 28.8 Å². The molecule has 7 heteroatoms. The van der Waals surface area contributed by atoms with Crippen molar-refractivity contribution >= 4 is 27.3 Å². The molecule has 1 aliphatic heterocycles. The van der Waals surface area contributed by atoms with E-state index < -0.39 is 9.84 Å². The minimum Gasteiger partial charge on any atom is -0.336 e. The Balaban J connectivity index is 1.69. The summed E-state index contributed by atoms with van der Waals surface area (Å²) in [7, 11) is -3.45. The standard InChI is InChI=1S/C17H23ClN2O3S/c1-24(22,23)16-12-13(6-7-15(16)18)17(21)20-10-8-19(9-11-20)14-4-2-3-5-14/h6-7,12,14H,2-5,8-11H2,1H3. The van der Waals surface area contributed by atoms with E-state index in [2.05, 4.69) is 4.90 Å². The fourth-order valence-electron chi connectivity index (χ4n) is 3.66. The number of sulfone groups is 1. The van der Waals surface area contributed by atoms with E-state index in [0.29, 0.717) is 24.7 Å². The third-order valence-corrected chi connectivity index (χ3v) is 6.60. The smallest absolute Gasteiger partial charge is 0.253 e. The second kappa shape index (κ2) is 7.02. The first-order valence-electron chi connectivity index (χ1n) is 8.39.